The summed E-state index contributed by atoms with van der Waals surface area (Å²) in [5.74, 6) is -0.264. The van der Waals surface area contributed by atoms with Crippen molar-refractivity contribution in [2.24, 2.45) is 5.73 Å². The molecule has 2 rings (SSSR count). The highest BCUT2D eigenvalue weighted by Crippen LogP contribution is 2.30. The van der Waals surface area contributed by atoms with Crippen LogP contribution in [0.3, 0.4) is 0 Å². The second-order valence-electron chi connectivity index (χ2n) is 4.39. The van der Waals surface area contributed by atoms with Crippen LogP contribution < -0.4 is 5.73 Å². The molecule has 1 saturated heterocycles. The molecule has 96 valence electrons. The highest BCUT2D eigenvalue weighted by Gasteiger charge is 2.32. The third-order valence-electron chi connectivity index (χ3n) is 3.12. The van der Waals surface area contributed by atoms with E-state index in [0.717, 1.165) is 10.0 Å². The molecule has 1 aromatic carbocycles. The van der Waals surface area contributed by atoms with E-state index in [1.54, 1.807) is 0 Å². The van der Waals surface area contributed by atoms with Crippen LogP contribution in [0.2, 0.25) is 0 Å². The van der Waals surface area contributed by atoms with E-state index in [2.05, 4.69) is 15.9 Å². The van der Waals surface area contributed by atoms with Crippen LogP contribution in [0.4, 0.5) is 0 Å². The molecular formula is C13H15BrN2O2. The number of rotatable bonds is 3. The Hall–Kier alpha value is -1.20. The zero-order valence-corrected chi connectivity index (χ0v) is 11.5. The number of likely N-dealkylation sites (tertiary alicyclic amines) is 1. The number of nitrogens with two attached hydrogens (primary N) is 1. The van der Waals surface area contributed by atoms with Crippen molar-refractivity contribution in [2.75, 3.05) is 13.1 Å². The van der Waals surface area contributed by atoms with E-state index in [9.17, 15) is 9.59 Å². The number of carbonyl (C=O) groups is 2. The van der Waals surface area contributed by atoms with Crippen LogP contribution in [0.1, 0.15) is 24.3 Å². The Labute approximate surface area is 114 Å². The Morgan fingerprint density at radius 1 is 1.28 bits per heavy atom. The number of imide groups is 1. The summed E-state index contributed by atoms with van der Waals surface area (Å²) in [4.78, 5) is 25.1. The lowest BCUT2D eigenvalue weighted by atomic mass is 9.88. The number of hydrogen-bond donors (Lipinski definition) is 1. The first-order valence-electron chi connectivity index (χ1n) is 5.90. The van der Waals surface area contributed by atoms with E-state index >= 15 is 0 Å². The fourth-order valence-corrected chi connectivity index (χ4v) is 2.64. The van der Waals surface area contributed by atoms with Gasteiger partial charge in [0, 0.05) is 36.3 Å². The standard InChI is InChI=1S/C13H15BrN2O2/c14-11-3-1-2-9(6-11)10-7-12(17)16(5-4-15)13(18)8-10/h1-3,6,10H,4-5,7-8,15H2. The van der Waals surface area contributed by atoms with E-state index in [4.69, 9.17) is 5.73 Å². The van der Waals surface area contributed by atoms with Crippen molar-refractivity contribution in [2.45, 2.75) is 18.8 Å². The molecule has 2 N–H and O–H groups in total. The minimum atomic E-state index is -0.123. The van der Waals surface area contributed by atoms with Crippen molar-refractivity contribution in [3.8, 4) is 0 Å². The smallest absolute Gasteiger partial charge is 0.229 e. The SMILES string of the molecule is NCCN1C(=O)CC(c2cccc(Br)c2)CC1=O. The minimum absolute atomic E-state index is 0.0171. The van der Waals surface area contributed by atoms with Crippen molar-refractivity contribution < 1.29 is 9.59 Å². The zero-order valence-electron chi connectivity index (χ0n) is 9.93. The molecule has 0 aromatic heterocycles. The predicted molar refractivity (Wildman–Crippen MR) is 71.9 cm³/mol. The monoisotopic (exact) mass is 310 g/mol. The molecular weight excluding hydrogens is 296 g/mol. The maximum absolute atomic E-state index is 11.9. The quantitative estimate of drug-likeness (QED) is 0.863. The van der Waals surface area contributed by atoms with Gasteiger partial charge in [0.2, 0.25) is 11.8 Å². The van der Waals surface area contributed by atoms with Crippen molar-refractivity contribution in [3.05, 3.63) is 34.3 Å². The lowest BCUT2D eigenvalue weighted by Crippen LogP contribution is -2.44. The fourth-order valence-electron chi connectivity index (χ4n) is 2.23. The molecule has 0 atom stereocenters. The van der Waals surface area contributed by atoms with Gasteiger partial charge in [-0.25, -0.2) is 0 Å². The van der Waals surface area contributed by atoms with Gasteiger partial charge in [-0.15, -0.1) is 0 Å². The molecule has 18 heavy (non-hydrogen) atoms. The molecule has 0 bridgehead atoms. The van der Waals surface area contributed by atoms with Crippen LogP contribution in [0.25, 0.3) is 0 Å². The number of carbonyl (C=O) groups excluding carboxylic acids is 2. The van der Waals surface area contributed by atoms with E-state index in [1.807, 2.05) is 24.3 Å². The number of nitrogens with zero attached hydrogens (tertiary/aromatic N) is 1. The first-order chi connectivity index (χ1) is 8.61. The Kier molecular flexibility index (Phi) is 4.14. The first kappa shape index (κ1) is 13.2. The lowest BCUT2D eigenvalue weighted by molar-refractivity contribution is -0.148. The van der Waals surface area contributed by atoms with Crippen LogP contribution in [-0.4, -0.2) is 29.8 Å². The molecule has 1 aliphatic heterocycles. The summed E-state index contributed by atoms with van der Waals surface area (Å²) in [5, 5.41) is 0. The van der Waals surface area contributed by atoms with E-state index in [-0.39, 0.29) is 17.7 Å². The van der Waals surface area contributed by atoms with Crippen LogP contribution >= 0.6 is 15.9 Å². The van der Waals surface area contributed by atoms with Gasteiger partial charge in [-0.2, -0.15) is 0 Å². The number of benzene rings is 1. The van der Waals surface area contributed by atoms with Gasteiger partial charge in [0.1, 0.15) is 0 Å². The van der Waals surface area contributed by atoms with Gasteiger partial charge >= 0.3 is 0 Å². The molecule has 1 aliphatic rings. The van der Waals surface area contributed by atoms with E-state index in [1.165, 1.54) is 4.90 Å². The average Bonchev–Trinajstić information content (AvgIpc) is 2.33. The molecule has 5 heteroatoms. The second kappa shape index (κ2) is 5.63. The van der Waals surface area contributed by atoms with Gasteiger partial charge in [0.05, 0.1) is 0 Å². The summed E-state index contributed by atoms with van der Waals surface area (Å²) in [5.41, 5.74) is 6.42. The van der Waals surface area contributed by atoms with Gasteiger partial charge < -0.3 is 5.73 Å². The van der Waals surface area contributed by atoms with Crippen molar-refractivity contribution in [1.82, 2.24) is 4.90 Å². The Morgan fingerprint density at radius 2 is 1.94 bits per heavy atom. The summed E-state index contributed by atoms with van der Waals surface area (Å²) < 4.78 is 0.962. The fraction of sp³-hybridized carbons (Fsp3) is 0.385. The van der Waals surface area contributed by atoms with Crippen molar-refractivity contribution in [3.63, 3.8) is 0 Å². The maximum atomic E-state index is 11.9. The maximum Gasteiger partial charge on any atom is 0.229 e. The molecule has 2 amide bonds. The third-order valence-corrected chi connectivity index (χ3v) is 3.61. The number of hydrogen-bond acceptors (Lipinski definition) is 3. The topological polar surface area (TPSA) is 63.4 Å². The third kappa shape index (κ3) is 2.79. The Bertz CT molecular complexity index is 458. The molecule has 0 saturated carbocycles. The Balaban J connectivity index is 2.15. The van der Waals surface area contributed by atoms with Crippen LogP contribution in [0.15, 0.2) is 28.7 Å². The largest absolute Gasteiger partial charge is 0.329 e. The van der Waals surface area contributed by atoms with Gasteiger partial charge in [-0.05, 0) is 17.7 Å². The normalized spacial score (nSPS) is 17.3. The summed E-state index contributed by atoms with van der Waals surface area (Å²) in [6.45, 7) is 0.641. The van der Waals surface area contributed by atoms with E-state index in [0.29, 0.717) is 25.9 Å². The van der Waals surface area contributed by atoms with E-state index < -0.39 is 0 Å². The highest BCUT2D eigenvalue weighted by atomic mass is 79.9. The summed E-state index contributed by atoms with van der Waals surface area (Å²) in [6, 6.07) is 7.76. The highest BCUT2D eigenvalue weighted by molar-refractivity contribution is 9.10. The second-order valence-corrected chi connectivity index (χ2v) is 5.30. The van der Waals surface area contributed by atoms with Gasteiger partial charge in [-0.1, -0.05) is 28.1 Å². The average molecular weight is 311 g/mol. The predicted octanol–water partition coefficient (Wildman–Crippen LogP) is 1.64. The van der Waals surface area contributed by atoms with Gasteiger partial charge in [-0.3, -0.25) is 14.5 Å². The summed E-state index contributed by atoms with van der Waals surface area (Å²) in [7, 11) is 0. The number of piperidine rings is 1. The summed E-state index contributed by atoms with van der Waals surface area (Å²) >= 11 is 3.40. The molecule has 0 unspecified atom stereocenters. The molecule has 4 nitrogen and oxygen atoms in total. The van der Waals surface area contributed by atoms with Crippen LogP contribution in [0, 0.1) is 0 Å². The molecule has 1 fully saturated rings. The minimum Gasteiger partial charge on any atom is -0.329 e. The number of amides is 2. The summed E-state index contributed by atoms with van der Waals surface area (Å²) in [6.07, 6.45) is 0.754. The van der Waals surface area contributed by atoms with Crippen LogP contribution in [-0.2, 0) is 9.59 Å². The van der Waals surface area contributed by atoms with Crippen LogP contribution in [0.5, 0.6) is 0 Å². The van der Waals surface area contributed by atoms with Crippen molar-refractivity contribution in [1.29, 1.82) is 0 Å². The van der Waals surface area contributed by atoms with Crippen molar-refractivity contribution >= 4 is 27.7 Å². The van der Waals surface area contributed by atoms with Gasteiger partial charge in [0.15, 0.2) is 0 Å². The van der Waals surface area contributed by atoms with Gasteiger partial charge in [0.25, 0.3) is 0 Å². The molecule has 0 aliphatic carbocycles. The lowest BCUT2D eigenvalue weighted by Gasteiger charge is -2.30. The molecule has 0 radical (unpaired) electrons. The Morgan fingerprint density at radius 3 is 2.50 bits per heavy atom. The molecule has 1 aromatic rings. The first-order valence-corrected chi connectivity index (χ1v) is 6.70. The molecule has 0 spiro atoms. The number of halogens is 1. The zero-order chi connectivity index (χ0) is 13.1. The molecule has 1 heterocycles.